The Morgan fingerprint density at radius 3 is 2.70 bits per heavy atom. The van der Waals surface area contributed by atoms with E-state index in [-0.39, 0.29) is 0 Å². The molecule has 110 valence electrons. The van der Waals surface area contributed by atoms with Crippen molar-refractivity contribution in [2.45, 2.75) is 39.3 Å². The first-order valence-electron chi connectivity index (χ1n) is 6.27. The largest absolute Gasteiger partial charge is 0.408 e. The van der Waals surface area contributed by atoms with E-state index < -0.39 is 12.7 Å². The van der Waals surface area contributed by atoms with Gasteiger partial charge in [0.15, 0.2) is 0 Å². The average molecular weight is 287 g/mol. The maximum Gasteiger partial charge on any atom is 0.408 e. The van der Waals surface area contributed by atoms with Crippen LogP contribution >= 0.6 is 0 Å². The molecule has 0 aliphatic rings. The van der Waals surface area contributed by atoms with E-state index in [1.54, 1.807) is 12.3 Å². The Bertz CT molecular complexity index is 543. The Hall–Kier alpha value is -1.83. The molecule has 0 fully saturated rings. The molecule has 2 heterocycles. The van der Waals surface area contributed by atoms with Crippen molar-refractivity contribution >= 4 is 0 Å². The molecular weight excluding hydrogens is 271 g/mol. The van der Waals surface area contributed by atoms with Gasteiger partial charge in [-0.3, -0.25) is 9.36 Å². The van der Waals surface area contributed by atoms with Gasteiger partial charge < -0.3 is 5.32 Å². The Morgan fingerprint density at radius 2 is 2.05 bits per heavy atom. The van der Waals surface area contributed by atoms with Gasteiger partial charge in [-0.15, -0.1) is 0 Å². The lowest BCUT2D eigenvalue weighted by molar-refractivity contribution is -0.142. The molecule has 0 aromatic carbocycles. The monoisotopic (exact) mass is 287 g/mol. The SMILES string of the molecule is CCn1cc(CNCc2ccn(CC(F)(F)F)n2)cn1. The summed E-state index contributed by atoms with van der Waals surface area (Å²) in [5.74, 6) is 0. The third-order valence-corrected chi connectivity index (χ3v) is 2.68. The number of nitrogens with zero attached hydrogens (tertiary/aromatic N) is 4. The summed E-state index contributed by atoms with van der Waals surface area (Å²) in [4.78, 5) is 0. The number of hydrogen-bond acceptors (Lipinski definition) is 3. The van der Waals surface area contributed by atoms with E-state index in [9.17, 15) is 13.2 Å². The van der Waals surface area contributed by atoms with E-state index >= 15 is 0 Å². The van der Waals surface area contributed by atoms with Crippen LogP contribution in [-0.2, 0) is 26.2 Å². The molecule has 8 heteroatoms. The number of hydrogen-bond donors (Lipinski definition) is 1. The number of rotatable bonds is 6. The molecule has 0 bridgehead atoms. The molecule has 0 saturated carbocycles. The molecule has 5 nitrogen and oxygen atoms in total. The Balaban J connectivity index is 1.79. The fraction of sp³-hybridized carbons (Fsp3) is 0.500. The molecule has 1 N–H and O–H groups in total. The van der Waals surface area contributed by atoms with Gasteiger partial charge in [0.05, 0.1) is 11.9 Å². The number of alkyl halides is 3. The summed E-state index contributed by atoms with van der Waals surface area (Å²) in [5, 5.41) is 11.1. The molecule has 0 saturated heterocycles. The first-order valence-corrected chi connectivity index (χ1v) is 6.27. The zero-order chi connectivity index (χ0) is 14.6. The van der Waals surface area contributed by atoms with Crippen LogP contribution < -0.4 is 5.32 Å². The zero-order valence-corrected chi connectivity index (χ0v) is 11.1. The van der Waals surface area contributed by atoms with Gasteiger partial charge in [0.25, 0.3) is 0 Å². The van der Waals surface area contributed by atoms with E-state index in [1.807, 2.05) is 17.8 Å². The van der Waals surface area contributed by atoms with Crippen LogP contribution in [0, 0.1) is 0 Å². The summed E-state index contributed by atoms with van der Waals surface area (Å²) in [6.07, 6.45) is 0.777. The van der Waals surface area contributed by atoms with Crippen molar-refractivity contribution in [3.63, 3.8) is 0 Å². The number of nitrogens with one attached hydrogen (secondary N) is 1. The van der Waals surface area contributed by atoms with Crippen LogP contribution in [0.25, 0.3) is 0 Å². The van der Waals surface area contributed by atoms with E-state index in [2.05, 4.69) is 15.5 Å². The van der Waals surface area contributed by atoms with Crippen molar-refractivity contribution in [1.82, 2.24) is 24.9 Å². The molecule has 0 aliphatic heterocycles. The van der Waals surface area contributed by atoms with Gasteiger partial charge in [-0.05, 0) is 13.0 Å². The molecule has 0 atom stereocenters. The van der Waals surface area contributed by atoms with Gasteiger partial charge in [-0.2, -0.15) is 23.4 Å². The molecule has 2 rings (SSSR count). The first kappa shape index (κ1) is 14.6. The van der Waals surface area contributed by atoms with E-state index in [0.717, 1.165) is 16.8 Å². The number of halogens is 3. The standard InChI is InChI=1S/C12H16F3N5/c1-2-19-8-10(6-17-19)5-16-7-11-3-4-20(18-11)9-12(13,14)15/h3-4,6,8,16H,2,5,7,9H2,1H3. The maximum absolute atomic E-state index is 12.2. The third kappa shape index (κ3) is 4.37. The third-order valence-electron chi connectivity index (χ3n) is 2.68. The molecule has 0 radical (unpaired) electrons. The van der Waals surface area contributed by atoms with Crippen LogP contribution in [0.1, 0.15) is 18.2 Å². The topological polar surface area (TPSA) is 47.7 Å². The second-order valence-corrected chi connectivity index (χ2v) is 4.43. The summed E-state index contributed by atoms with van der Waals surface area (Å²) in [5.41, 5.74) is 1.61. The van der Waals surface area contributed by atoms with Gasteiger partial charge in [0.1, 0.15) is 6.54 Å². The summed E-state index contributed by atoms with van der Waals surface area (Å²) in [6.45, 7) is 2.77. The van der Waals surface area contributed by atoms with Crippen LogP contribution in [0.4, 0.5) is 13.2 Å². The highest BCUT2D eigenvalue weighted by Gasteiger charge is 2.28. The van der Waals surface area contributed by atoms with Crippen molar-refractivity contribution in [3.8, 4) is 0 Å². The molecule has 2 aromatic heterocycles. The van der Waals surface area contributed by atoms with Crippen molar-refractivity contribution in [2.75, 3.05) is 0 Å². The number of aryl methyl sites for hydroxylation is 1. The predicted octanol–water partition coefficient (Wildman–Crippen LogP) is 1.95. The van der Waals surface area contributed by atoms with Gasteiger partial charge in [0, 0.05) is 37.6 Å². The minimum absolute atomic E-state index is 0.419. The van der Waals surface area contributed by atoms with Gasteiger partial charge in [0.2, 0.25) is 0 Å². The average Bonchev–Trinajstić information content (AvgIpc) is 2.97. The smallest absolute Gasteiger partial charge is 0.307 e. The van der Waals surface area contributed by atoms with Crippen molar-refractivity contribution in [3.05, 3.63) is 35.9 Å². The summed E-state index contributed by atoms with van der Waals surface area (Å²) < 4.78 is 39.2. The molecule has 0 amide bonds. The van der Waals surface area contributed by atoms with E-state index in [0.29, 0.717) is 18.8 Å². The van der Waals surface area contributed by atoms with Gasteiger partial charge in [-0.1, -0.05) is 0 Å². The second-order valence-electron chi connectivity index (χ2n) is 4.43. The fourth-order valence-corrected chi connectivity index (χ4v) is 1.78. The van der Waals surface area contributed by atoms with Crippen molar-refractivity contribution in [2.24, 2.45) is 0 Å². The van der Waals surface area contributed by atoms with Crippen LogP contribution in [-0.4, -0.2) is 25.7 Å². The molecule has 0 spiro atoms. The van der Waals surface area contributed by atoms with Crippen LogP contribution in [0.5, 0.6) is 0 Å². The van der Waals surface area contributed by atoms with Crippen LogP contribution in [0.2, 0.25) is 0 Å². The Labute approximate surface area is 114 Å². The minimum atomic E-state index is -4.24. The Morgan fingerprint density at radius 1 is 1.25 bits per heavy atom. The Kier molecular flexibility index (Phi) is 4.43. The van der Waals surface area contributed by atoms with Crippen LogP contribution in [0.3, 0.4) is 0 Å². The zero-order valence-electron chi connectivity index (χ0n) is 11.1. The first-order chi connectivity index (χ1) is 9.46. The van der Waals surface area contributed by atoms with Crippen molar-refractivity contribution < 1.29 is 13.2 Å². The predicted molar refractivity (Wildman–Crippen MR) is 66.7 cm³/mol. The lowest BCUT2D eigenvalue weighted by Crippen LogP contribution is -2.19. The highest BCUT2D eigenvalue weighted by Crippen LogP contribution is 2.16. The summed E-state index contributed by atoms with van der Waals surface area (Å²) in [6, 6.07) is 1.58. The fourth-order valence-electron chi connectivity index (χ4n) is 1.78. The van der Waals surface area contributed by atoms with Gasteiger partial charge >= 0.3 is 6.18 Å². The van der Waals surface area contributed by atoms with Crippen LogP contribution in [0.15, 0.2) is 24.7 Å². The van der Waals surface area contributed by atoms with Gasteiger partial charge in [-0.25, -0.2) is 0 Å². The highest BCUT2D eigenvalue weighted by atomic mass is 19.4. The molecule has 0 aliphatic carbocycles. The summed E-state index contributed by atoms with van der Waals surface area (Å²) >= 11 is 0. The van der Waals surface area contributed by atoms with E-state index in [1.165, 1.54) is 6.20 Å². The maximum atomic E-state index is 12.2. The molecular formula is C12H16F3N5. The molecule has 20 heavy (non-hydrogen) atoms. The lowest BCUT2D eigenvalue weighted by atomic mass is 10.3. The lowest BCUT2D eigenvalue weighted by Gasteiger charge is -2.05. The summed E-state index contributed by atoms with van der Waals surface area (Å²) in [7, 11) is 0. The van der Waals surface area contributed by atoms with Crippen molar-refractivity contribution in [1.29, 1.82) is 0 Å². The highest BCUT2D eigenvalue weighted by molar-refractivity contribution is 5.04. The minimum Gasteiger partial charge on any atom is -0.307 e. The molecule has 2 aromatic rings. The molecule has 0 unspecified atom stereocenters. The number of aromatic nitrogens is 4. The normalized spacial score (nSPS) is 12.0. The second kappa shape index (κ2) is 6.08. The quantitative estimate of drug-likeness (QED) is 0.883. The van der Waals surface area contributed by atoms with E-state index in [4.69, 9.17) is 0 Å².